The molecule has 3 rings (SSSR count). The van der Waals surface area contributed by atoms with E-state index in [-0.39, 0.29) is 24.9 Å². The van der Waals surface area contributed by atoms with Crippen LogP contribution in [0, 0.1) is 0 Å². The van der Waals surface area contributed by atoms with Crippen molar-refractivity contribution in [3.8, 4) is 10.6 Å². The number of hydrogen-bond acceptors (Lipinski definition) is 4. The van der Waals surface area contributed by atoms with E-state index in [9.17, 15) is 9.59 Å². The molecule has 0 saturated carbocycles. The highest BCUT2D eigenvalue weighted by Gasteiger charge is 2.10. The lowest BCUT2D eigenvalue weighted by Crippen LogP contribution is -2.37. The van der Waals surface area contributed by atoms with Gasteiger partial charge in [0.05, 0.1) is 12.2 Å². The van der Waals surface area contributed by atoms with E-state index in [1.165, 1.54) is 0 Å². The van der Waals surface area contributed by atoms with Gasteiger partial charge < -0.3 is 15.5 Å². The molecule has 0 atom stereocenters. The number of carbonyl (C=O) groups excluding carboxylic acids is 2. The first-order valence-electron chi connectivity index (χ1n) is 9.41. The quantitative estimate of drug-likeness (QED) is 0.597. The summed E-state index contributed by atoms with van der Waals surface area (Å²) in [6.07, 6.45) is 0.256. The molecule has 0 bridgehead atoms. The summed E-state index contributed by atoms with van der Waals surface area (Å²) in [6, 6.07) is 19.4. The number of aromatic nitrogens is 1. The van der Waals surface area contributed by atoms with Crippen LogP contribution in [-0.2, 0) is 17.9 Å². The normalized spacial score (nSPS) is 10.4. The maximum atomic E-state index is 12.2. The number of urea groups is 1. The highest BCUT2D eigenvalue weighted by molar-refractivity contribution is 7.13. The highest BCUT2D eigenvalue weighted by Crippen LogP contribution is 2.23. The van der Waals surface area contributed by atoms with Crippen LogP contribution in [-0.4, -0.2) is 35.4 Å². The molecular formula is C22H24N4O2S. The van der Waals surface area contributed by atoms with Crippen LogP contribution in [0.2, 0.25) is 0 Å². The van der Waals surface area contributed by atoms with Gasteiger partial charge in [-0.15, -0.1) is 11.3 Å². The first kappa shape index (κ1) is 20.5. The van der Waals surface area contributed by atoms with Crippen LogP contribution < -0.4 is 10.6 Å². The molecule has 2 N–H and O–H groups in total. The van der Waals surface area contributed by atoms with Crippen LogP contribution in [0.25, 0.3) is 10.6 Å². The van der Waals surface area contributed by atoms with E-state index in [0.29, 0.717) is 13.1 Å². The summed E-state index contributed by atoms with van der Waals surface area (Å²) in [7, 11) is 1.77. The summed E-state index contributed by atoms with van der Waals surface area (Å²) in [5, 5.41) is 8.36. The molecule has 6 nitrogen and oxygen atoms in total. The van der Waals surface area contributed by atoms with E-state index in [1.807, 2.05) is 66.0 Å². The molecule has 0 radical (unpaired) electrons. The molecule has 1 heterocycles. The summed E-state index contributed by atoms with van der Waals surface area (Å²) in [4.78, 5) is 30.4. The number of hydrogen-bond donors (Lipinski definition) is 2. The number of benzene rings is 2. The van der Waals surface area contributed by atoms with Crippen molar-refractivity contribution < 1.29 is 9.59 Å². The predicted molar refractivity (Wildman–Crippen MR) is 115 cm³/mol. The van der Waals surface area contributed by atoms with Crippen molar-refractivity contribution in [1.29, 1.82) is 0 Å². The smallest absolute Gasteiger partial charge is 0.315 e. The van der Waals surface area contributed by atoms with Gasteiger partial charge in [-0.2, -0.15) is 0 Å². The third-order valence-electron chi connectivity index (χ3n) is 4.32. The molecule has 0 fully saturated rings. The van der Waals surface area contributed by atoms with Gasteiger partial charge in [-0.3, -0.25) is 4.79 Å². The van der Waals surface area contributed by atoms with Crippen LogP contribution >= 0.6 is 11.3 Å². The molecule has 0 saturated heterocycles. The van der Waals surface area contributed by atoms with Crippen molar-refractivity contribution in [2.45, 2.75) is 19.5 Å². The first-order chi connectivity index (χ1) is 14.1. The average Bonchev–Trinajstić information content (AvgIpc) is 3.22. The molecule has 0 aliphatic rings. The molecule has 150 valence electrons. The van der Waals surface area contributed by atoms with Crippen LogP contribution in [0.15, 0.2) is 66.0 Å². The second-order valence-electron chi connectivity index (χ2n) is 6.60. The number of thiazole rings is 1. The number of amides is 3. The standard InChI is InChI=1S/C22H24N4O2S/c1-26(15-17-8-4-2-5-9-17)20(27)12-13-23-22(28)24-14-19-16-29-21(25-19)18-10-6-3-7-11-18/h2-11,16H,12-15H2,1H3,(H2,23,24,28). The van der Waals surface area contributed by atoms with Gasteiger partial charge >= 0.3 is 6.03 Å². The first-order valence-corrected chi connectivity index (χ1v) is 10.3. The van der Waals surface area contributed by atoms with Crippen LogP contribution in [0.5, 0.6) is 0 Å². The van der Waals surface area contributed by atoms with Gasteiger partial charge in [0.15, 0.2) is 0 Å². The van der Waals surface area contributed by atoms with Gasteiger partial charge in [0, 0.05) is 37.5 Å². The molecule has 0 aliphatic carbocycles. The summed E-state index contributed by atoms with van der Waals surface area (Å²) < 4.78 is 0. The lowest BCUT2D eigenvalue weighted by molar-refractivity contribution is -0.130. The van der Waals surface area contributed by atoms with E-state index < -0.39 is 0 Å². The molecule has 2 aromatic carbocycles. The third kappa shape index (κ3) is 6.43. The Morgan fingerprint density at radius 3 is 2.41 bits per heavy atom. The Bertz CT molecular complexity index is 928. The molecule has 0 spiro atoms. The third-order valence-corrected chi connectivity index (χ3v) is 5.26. The molecular weight excluding hydrogens is 384 g/mol. The van der Waals surface area contributed by atoms with E-state index in [2.05, 4.69) is 15.6 Å². The fourth-order valence-electron chi connectivity index (χ4n) is 2.75. The topological polar surface area (TPSA) is 74.3 Å². The van der Waals surface area contributed by atoms with Crippen molar-refractivity contribution >= 4 is 23.3 Å². The van der Waals surface area contributed by atoms with Crippen LogP contribution in [0.3, 0.4) is 0 Å². The Hall–Kier alpha value is -3.19. The number of carbonyl (C=O) groups is 2. The molecule has 0 unspecified atom stereocenters. The van der Waals surface area contributed by atoms with Crippen molar-refractivity contribution in [2.24, 2.45) is 0 Å². The van der Waals surface area contributed by atoms with Gasteiger partial charge in [0.2, 0.25) is 5.91 Å². The minimum atomic E-state index is -0.308. The minimum Gasteiger partial charge on any atom is -0.341 e. The number of rotatable bonds is 8. The van der Waals surface area contributed by atoms with Gasteiger partial charge in [-0.25, -0.2) is 9.78 Å². The van der Waals surface area contributed by atoms with Crippen molar-refractivity contribution in [3.63, 3.8) is 0 Å². The molecule has 0 aliphatic heterocycles. The Labute approximate surface area is 174 Å². The highest BCUT2D eigenvalue weighted by atomic mass is 32.1. The predicted octanol–water partition coefficient (Wildman–Crippen LogP) is 3.66. The fourth-order valence-corrected chi connectivity index (χ4v) is 3.58. The SMILES string of the molecule is CN(Cc1ccccc1)C(=O)CCNC(=O)NCc1csc(-c2ccccc2)n1. The Kier molecular flexibility index (Phi) is 7.35. The lowest BCUT2D eigenvalue weighted by Gasteiger charge is -2.17. The molecule has 7 heteroatoms. The van der Waals surface area contributed by atoms with Crippen molar-refractivity contribution in [2.75, 3.05) is 13.6 Å². The van der Waals surface area contributed by atoms with Gasteiger partial charge in [-0.1, -0.05) is 60.7 Å². The van der Waals surface area contributed by atoms with Gasteiger partial charge in [-0.05, 0) is 5.56 Å². The fraction of sp³-hybridized carbons (Fsp3) is 0.227. The van der Waals surface area contributed by atoms with E-state index in [1.54, 1.807) is 23.3 Å². The minimum absolute atomic E-state index is 0.0128. The monoisotopic (exact) mass is 408 g/mol. The van der Waals surface area contributed by atoms with Crippen molar-refractivity contribution in [1.82, 2.24) is 20.5 Å². The maximum absolute atomic E-state index is 12.2. The van der Waals surface area contributed by atoms with Gasteiger partial charge in [0.25, 0.3) is 0 Å². The second-order valence-corrected chi connectivity index (χ2v) is 7.46. The number of nitrogens with one attached hydrogen (secondary N) is 2. The van der Waals surface area contributed by atoms with Crippen LogP contribution in [0.4, 0.5) is 4.79 Å². The molecule has 3 aromatic rings. The average molecular weight is 409 g/mol. The zero-order valence-electron chi connectivity index (χ0n) is 16.3. The Morgan fingerprint density at radius 1 is 1.00 bits per heavy atom. The van der Waals surface area contributed by atoms with Gasteiger partial charge in [0.1, 0.15) is 5.01 Å². The van der Waals surface area contributed by atoms with Crippen molar-refractivity contribution in [3.05, 3.63) is 77.3 Å². The molecule has 1 aromatic heterocycles. The summed E-state index contributed by atoms with van der Waals surface area (Å²) in [5.41, 5.74) is 2.95. The largest absolute Gasteiger partial charge is 0.341 e. The zero-order chi connectivity index (χ0) is 20.5. The van der Waals surface area contributed by atoms with E-state index in [0.717, 1.165) is 21.8 Å². The summed E-state index contributed by atoms with van der Waals surface area (Å²) >= 11 is 1.55. The second kappa shape index (κ2) is 10.4. The lowest BCUT2D eigenvalue weighted by atomic mass is 10.2. The van der Waals surface area contributed by atoms with E-state index >= 15 is 0 Å². The maximum Gasteiger partial charge on any atom is 0.315 e. The Morgan fingerprint density at radius 2 is 1.69 bits per heavy atom. The summed E-state index contributed by atoms with van der Waals surface area (Å²) in [5.74, 6) is -0.0128. The molecule has 29 heavy (non-hydrogen) atoms. The summed E-state index contributed by atoms with van der Waals surface area (Å²) in [6.45, 7) is 1.19. The Balaban J connectivity index is 1.36. The number of nitrogens with zero attached hydrogens (tertiary/aromatic N) is 2. The molecule has 3 amide bonds. The van der Waals surface area contributed by atoms with Crippen LogP contribution in [0.1, 0.15) is 17.7 Å². The zero-order valence-corrected chi connectivity index (χ0v) is 17.1. The van der Waals surface area contributed by atoms with E-state index in [4.69, 9.17) is 0 Å².